The Kier molecular flexibility index (Phi) is 5.27. The minimum atomic E-state index is -0.943. The zero-order valence-corrected chi connectivity index (χ0v) is 10.2. The molecule has 3 nitrogen and oxygen atoms in total. The Morgan fingerprint density at radius 3 is 2.59 bits per heavy atom. The van der Waals surface area contributed by atoms with E-state index < -0.39 is 5.97 Å². The van der Waals surface area contributed by atoms with Crippen LogP contribution >= 0.6 is 0 Å². The van der Waals surface area contributed by atoms with E-state index in [4.69, 9.17) is 9.84 Å². The van der Waals surface area contributed by atoms with E-state index in [9.17, 15) is 4.79 Å². The fraction of sp³-hybridized carbons (Fsp3) is 0.357. The maximum Gasteiger partial charge on any atom is 0.328 e. The van der Waals surface area contributed by atoms with Crippen molar-refractivity contribution in [2.75, 3.05) is 0 Å². The SMILES string of the molecule is CCCC(C)Oc1ccc(/C=C/C(=O)O)cc1. The minimum Gasteiger partial charge on any atom is -0.491 e. The fourth-order valence-corrected chi connectivity index (χ4v) is 1.52. The van der Waals surface area contributed by atoms with Gasteiger partial charge in [-0.25, -0.2) is 4.79 Å². The van der Waals surface area contributed by atoms with Gasteiger partial charge in [0.15, 0.2) is 0 Å². The van der Waals surface area contributed by atoms with Crippen molar-refractivity contribution < 1.29 is 14.6 Å². The summed E-state index contributed by atoms with van der Waals surface area (Å²) in [7, 11) is 0. The van der Waals surface area contributed by atoms with E-state index in [1.165, 1.54) is 0 Å². The Bertz CT molecular complexity index is 379. The molecule has 0 heterocycles. The Labute approximate surface area is 102 Å². The quantitative estimate of drug-likeness (QED) is 0.768. The molecule has 0 saturated carbocycles. The molecule has 1 N–H and O–H groups in total. The van der Waals surface area contributed by atoms with Crippen molar-refractivity contribution >= 4 is 12.0 Å². The Balaban J connectivity index is 2.58. The first-order valence-electron chi connectivity index (χ1n) is 5.79. The maximum atomic E-state index is 10.3. The van der Waals surface area contributed by atoms with E-state index in [-0.39, 0.29) is 6.10 Å². The topological polar surface area (TPSA) is 46.5 Å². The van der Waals surface area contributed by atoms with Crippen LogP contribution in [0.3, 0.4) is 0 Å². The van der Waals surface area contributed by atoms with Gasteiger partial charge in [0.1, 0.15) is 5.75 Å². The lowest BCUT2D eigenvalue weighted by atomic mass is 10.2. The predicted octanol–water partition coefficient (Wildman–Crippen LogP) is 3.35. The predicted molar refractivity (Wildman–Crippen MR) is 68.1 cm³/mol. The number of hydrogen-bond acceptors (Lipinski definition) is 2. The van der Waals surface area contributed by atoms with E-state index in [1.807, 2.05) is 31.2 Å². The molecule has 0 aliphatic rings. The number of carboxylic acid groups (broad SMARTS) is 1. The molecule has 3 heteroatoms. The molecule has 17 heavy (non-hydrogen) atoms. The van der Waals surface area contributed by atoms with Gasteiger partial charge in [0.25, 0.3) is 0 Å². The number of hydrogen-bond donors (Lipinski definition) is 1. The van der Waals surface area contributed by atoms with Gasteiger partial charge in [0.2, 0.25) is 0 Å². The van der Waals surface area contributed by atoms with E-state index in [2.05, 4.69) is 6.92 Å². The first-order valence-corrected chi connectivity index (χ1v) is 5.79. The summed E-state index contributed by atoms with van der Waals surface area (Å²) in [6.45, 7) is 4.17. The second-order valence-corrected chi connectivity index (χ2v) is 3.96. The molecule has 1 atom stereocenters. The number of carboxylic acids is 1. The smallest absolute Gasteiger partial charge is 0.328 e. The lowest BCUT2D eigenvalue weighted by Gasteiger charge is -2.13. The monoisotopic (exact) mass is 234 g/mol. The summed E-state index contributed by atoms with van der Waals surface area (Å²) < 4.78 is 5.69. The summed E-state index contributed by atoms with van der Waals surface area (Å²) in [5.74, 6) is -0.125. The van der Waals surface area contributed by atoms with Crippen LogP contribution in [0.25, 0.3) is 6.08 Å². The van der Waals surface area contributed by atoms with E-state index in [0.717, 1.165) is 30.2 Å². The molecule has 1 rings (SSSR count). The second-order valence-electron chi connectivity index (χ2n) is 3.96. The fourth-order valence-electron chi connectivity index (χ4n) is 1.52. The van der Waals surface area contributed by atoms with Gasteiger partial charge in [-0.1, -0.05) is 25.5 Å². The van der Waals surface area contributed by atoms with E-state index in [0.29, 0.717) is 0 Å². The standard InChI is InChI=1S/C14H18O3/c1-3-4-11(2)17-13-8-5-12(6-9-13)7-10-14(15)16/h5-11H,3-4H2,1-2H3,(H,15,16)/b10-7+. The van der Waals surface area contributed by atoms with Crippen LogP contribution in [0, 0.1) is 0 Å². The average molecular weight is 234 g/mol. The minimum absolute atomic E-state index is 0.209. The van der Waals surface area contributed by atoms with Gasteiger partial charge in [-0.05, 0) is 37.1 Å². The number of rotatable bonds is 6. The lowest BCUT2D eigenvalue weighted by molar-refractivity contribution is -0.131. The number of ether oxygens (including phenoxy) is 1. The van der Waals surface area contributed by atoms with Crippen molar-refractivity contribution in [3.05, 3.63) is 35.9 Å². The Morgan fingerprint density at radius 2 is 2.06 bits per heavy atom. The Hall–Kier alpha value is -1.77. The summed E-state index contributed by atoms with van der Waals surface area (Å²) in [5.41, 5.74) is 0.850. The van der Waals surface area contributed by atoms with Gasteiger partial charge in [-0.15, -0.1) is 0 Å². The van der Waals surface area contributed by atoms with Gasteiger partial charge < -0.3 is 9.84 Å². The van der Waals surface area contributed by atoms with Crippen LogP contribution in [0.1, 0.15) is 32.3 Å². The van der Waals surface area contributed by atoms with Gasteiger partial charge in [0, 0.05) is 6.08 Å². The summed E-state index contributed by atoms with van der Waals surface area (Å²) in [5, 5.41) is 8.50. The van der Waals surface area contributed by atoms with Crippen molar-refractivity contribution in [3.63, 3.8) is 0 Å². The summed E-state index contributed by atoms with van der Waals surface area (Å²) in [6.07, 6.45) is 5.01. The Morgan fingerprint density at radius 1 is 1.41 bits per heavy atom. The molecule has 0 spiro atoms. The molecule has 0 aliphatic carbocycles. The van der Waals surface area contributed by atoms with Crippen molar-refractivity contribution in [2.45, 2.75) is 32.8 Å². The first kappa shape index (κ1) is 13.3. The zero-order valence-electron chi connectivity index (χ0n) is 10.2. The van der Waals surface area contributed by atoms with Crippen LogP contribution in [-0.2, 0) is 4.79 Å². The largest absolute Gasteiger partial charge is 0.491 e. The molecule has 0 fully saturated rings. The second kappa shape index (κ2) is 6.74. The first-order chi connectivity index (χ1) is 8.11. The van der Waals surface area contributed by atoms with Crippen LogP contribution in [0.15, 0.2) is 30.3 Å². The molecule has 0 radical (unpaired) electrons. The summed E-state index contributed by atoms with van der Waals surface area (Å²) in [4.78, 5) is 10.3. The zero-order chi connectivity index (χ0) is 12.7. The molecule has 1 aromatic rings. The van der Waals surface area contributed by atoms with Crippen molar-refractivity contribution in [3.8, 4) is 5.75 Å². The third-order valence-corrected chi connectivity index (χ3v) is 2.33. The average Bonchev–Trinajstić information content (AvgIpc) is 2.28. The van der Waals surface area contributed by atoms with E-state index in [1.54, 1.807) is 6.08 Å². The van der Waals surface area contributed by atoms with E-state index >= 15 is 0 Å². The molecule has 0 amide bonds. The van der Waals surface area contributed by atoms with Gasteiger partial charge in [-0.2, -0.15) is 0 Å². The highest BCUT2D eigenvalue weighted by atomic mass is 16.5. The molecule has 0 saturated heterocycles. The highest BCUT2D eigenvalue weighted by Gasteiger charge is 2.01. The molecular weight excluding hydrogens is 216 g/mol. The van der Waals surface area contributed by atoms with Crippen LogP contribution in [-0.4, -0.2) is 17.2 Å². The molecule has 92 valence electrons. The van der Waals surface area contributed by atoms with Gasteiger partial charge in [-0.3, -0.25) is 0 Å². The summed E-state index contributed by atoms with van der Waals surface area (Å²) >= 11 is 0. The third kappa shape index (κ3) is 5.20. The third-order valence-electron chi connectivity index (χ3n) is 2.33. The summed E-state index contributed by atoms with van der Waals surface area (Å²) in [6, 6.07) is 7.39. The molecule has 1 unspecified atom stereocenters. The normalized spacial score (nSPS) is 12.6. The van der Waals surface area contributed by atoms with Crippen molar-refractivity contribution in [1.82, 2.24) is 0 Å². The lowest BCUT2D eigenvalue weighted by Crippen LogP contribution is -2.10. The van der Waals surface area contributed by atoms with Gasteiger partial charge in [0.05, 0.1) is 6.10 Å². The highest BCUT2D eigenvalue weighted by molar-refractivity contribution is 5.85. The highest BCUT2D eigenvalue weighted by Crippen LogP contribution is 2.16. The van der Waals surface area contributed by atoms with Gasteiger partial charge >= 0.3 is 5.97 Å². The molecule has 0 bridgehead atoms. The van der Waals surface area contributed by atoms with Crippen molar-refractivity contribution in [2.24, 2.45) is 0 Å². The van der Waals surface area contributed by atoms with Crippen LogP contribution in [0.5, 0.6) is 5.75 Å². The number of aliphatic carboxylic acids is 1. The molecular formula is C14H18O3. The van der Waals surface area contributed by atoms with Crippen LogP contribution in [0.4, 0.5) is 0 Å². The van der Waals surface area contributed by atoms with Crippen molar-refractivity contribution in [1.29, 1.82) is 0 Å². The maximum absolute atomic E-state index is 10.3. The van der Waals surface area contributed by atoms with Crippen LogP contribution < -0.4 is 4.74 Å². The van der Waals surface area contributed by atoms with Crippen LogP contribution in [0.2, 0.25) is 0 Å². The molecule has 0 aliphatic heterocycles. The number of benzene rings is 1. The number of carbonyl (C=O) groups is 1. The molecule has 1 aromatic carbocycles. The molecule has 0 aromatic heterocycles.